The van der Waals surface area contributed by atoms with Crippen molar-refractivity contribution in [1.29, 1.82) is 0 Å². The maximum absolute atomic E-state index is 14.2. The minimum atomic E-state index is -0.186. The first-order valence-corrected chi connectivity index (χ1v) is 14.8. The van der Waals surface area contributed by atoms with Crippen molar-refractivity contribution < 1.29 is 9.53 Å². The van der Waals surface area contributed by atoms with Crippen molar-refractivity contribution in [2.45, 2.75) is 75.4 Å². The number of aromatic nitrogens is 2. The van der Waals surface area contributed by atoms with Crippen LogP contribution in [0.3, 0.4) is 0 Å². The van der Waals surface area contributed by atoms with Crippen molar-refractivity contribution in [3.63, 3.8) is 0 Å². The van der Waals surface area contributed by atoms with E-state index in [9.17, 15) is 9.59 Å². The molecule has 1 aromatic heterocycles. The third-order valence-electron chi connectivity index (χ3n) is 7.78. The van der Waals surface area contributed by atoms with E-state index in [2.05, 4.69) is 30.4 Å². The first-order chi connectivity index (χ1) is 18.5. The third kappa shape index (κ3) is 5.23. The summed E-state index contributed by atoms with van der Waals surface area (Å²) in [6.45, 7) is 2.72. The van der Waals surface area contributed by atoms with E-state index < -0.39 is 0 Å². The van der Waals surface area contributed by atoms with Crippen LogP contribution in [0.1, 0.15) is 63.0 Å². The Morgan fingerprint density at radius 2 is 1.97 bits per heavy atom. The highest BCUT2D eigenvalue weighted by molar-refractivity contribution is 7.99. The predicted octanol–water partition coefficient (Wildman–Crippen LogP) is 6.86. The van der Waals surface area contributed by atoms with E-state index in [1.165, 1.54) is 23.7 Å². The number of hydrogen-bond donors (Lipinski definition) is 1. The fourth-order valence-electron chi connectivity index (χ4n) is 5.92. The Bertz CT molecular complexity index is 1400. The van der Waals surface area contributed by atoms with Gasteiger partial charge in [0.25, 0.3) is 5.56 Å². The summed E-state index contributed by atoms with van der Waals surface area (Å²) in [5.41, 5.74) is 4.56. The molecule has 0 saturated heterocycles. The monoisotopic (exact) mass is 551 g/mol. The molecule has 0 radical (unpaired) electrons. The van der Waals surface area contributed by atoms with Crippen LogP contribution in [0.25, 0.3) is 11.3 Å². The fourth-order valence-corrected chi connectivity index (χ4v) is 6.99. The van der Waals surface area contributed by atoms with Gasteiger partial charge in [-0.05, 0) is 49.4 Å². The van der Waals surface area contributed by atoms with E-state index in [4.69, 9.17) is 21.3 Å². The van der Waals surface area contributed by atoms with Gasteiger partial charge in [-0.3, -0.25) is 14.2 Å². The zero-order chi connectivity index (χ0) is 26.7. The van der Waals surface area contributed by atoms with Crippen molar-refractivity contribution >= 4 is 35.0 Å². The second-order valence-corrected chi connectivity index (χ2v) is 11.6. The molecule has 3 aromatic rings. The molecule has 38 heavy (non-hydrogen) atoms. The summed E-state index contributed by atoms with van der Waals surface area (Å²) >= 11 is 7.53. The van der Waals surface area contributed by atoms with Gasteiger partial charge >= 0.3 is 0 Å². The quantitative estimate of drug-likeness (QED) is 0.244. The number of methoxy groups -OCH3 is 1. The first-order valence-electron chi connectivity index (χ1n) is 13.5. The van der Waals surface area contributed by atoms with E-state index in [1.54, 1.807) is 25.3 Å². The Kier molecular flexibility index (Phi) is 8.15. The number of ether oxygens (including phenoxy) is 1. The van der Waals surface area contributed by atoms with Crippen LogP contribution in [0.4, 0.5) is 5.69 Å². The van der Waals surface area contributed by atoms with E-state index in [1.807, 2.05) is 10.6 Å². The molecule has 1 heterocycles. The number of thioether (sulfide) groups is 1. The van der Waals surface area contributed by atoms with Gasteiger partial charge in [-0.25, -0.2) is 4.98 Å². The lowest BCUT2D eigenvalue weighted by atomic mass is 9.62. The Hall–Kier alpha value is -2.77. The number of unbranched alkanes of at least 4 members (excludes halogenated alkanes) is 1. The zero-order valence-corrected chi connectivity index (χ0v) is 23.6. The molecule has 2 aromatic carbocycles. The zero-order valence-electron chi connectivity index (χ0n) is 22.0. The molecule has 8 heteroatoms. The molecule has 2 aliphatic rings. The van der Waals surface area contributed by atoms with Gasteiger partial charge in [0, 0.05) is 23.2 Å². The molecule has 5 rings (SSSR count). The van der Waals surface area contributed by atoms with Crippen molar-refractivity contribution in [3.05, 3.63) is 69.0 Å². The average Bonchev–Trinajstić information content (AvgIpc) is 2.92. The van der Waals surface area contributed by atoms with Gasteiger partial charge in [-0.2, -0.15) is 0 Å². The number of carbonyl (C=O) groups is 1. The van der Waals surface area contributed by atoms with Crippen LogP contribution in [0.2, 0.25) is 5.02 Å². The third-order valence-corrected chi connectivity index (χ3v) is 9.05. The van der Waals surface area contributed by atoms with Crippen molar-refractivity contribution in [3.8, 4) is 17.0 Å². The van der Waals surface area contributed by atoms with Crippen molar-refractivity contribution in [2.75, 3.05) is 18.2 Å². The smallest absolute Gasteiger partial charge is 0.258 e. The number of nitrogens with zero attached hydrogens (tertiary/aromatic N) is 2. The number of carbonyl (C=O) groups excluding carboxylic acids is 1. The number of amides is 1. The summed E-state index contributed by atoms with van der Waals surface area (Å²) in [5, 5.41) is 3.92. The molecule has 0 aliphatic heterocycles. The molecule has 6 nitrogen and oxygen atoms in total. The Morgan fingerprint density at radius 3 is 2.71 bits per heavy atom. The Morgan fingerprint density at radius 1 is 1.18 bits per heavy atom. The van der Waals surface area contributed by atoms with Crippen LogP contribution in [0.15, 0.2) is 52.4 Å². The van der Waals surface area contributed by atoms with E-state index in [0.717, 1.165) is 61.8 Å². The molecule has 1 spiro atoms. The summed E-state index contributed by atoms with van der Waals surface area (Å²) in [7, 11) is 1.55. The van der Waals surface area contributed by atoms with Crippen LogP contribution < -0.4 is 15.6 Å². The SMILES string of the molecule is CCCCn1c(SCC(=O)Nc2ccc(OC)c(Cl)c2)nc2c(c1=O)C1(CCCCC1)Cc1ccccc1-2. The van der Waals surface area contributed by atoms with Crippen molar-refractivity contribution in [2.24, 2.45) is 0 Å². The van der Waals surface area contributed by atoms with Crippen LogP contribution in [-0.4, -0.2) is 28.3 Å². The summed E-state index contributed by atoms with van der Waals surface area (Å²) in [6.07, 6.45) is 8.31. The Labute approximate surface area is 233 Å². The molecule has 1 N–H and O–H groups in total. The molecule has 2 aliphatic carbocycles. The molecule has 200 valence electrons. The molecular formula is C30H34ClN3O3S. The highest BCUT2D eigenvalue weighted by Crippen LogP contribution is 2.48. The molecule has 1 fully saturated rings. The lowest BCUT2D eigenvalue weighted by Crippen LogP contribution is -2.43. The summed E-state index contributed by atoms with van der Waals surface area (Å²) in [5.74, 6) is 0.496. The second kappa shape index (κ2) is 11.5. The maximum atomic E-state index is 14.2. The highest BCUT2D eigenvalue weighted by atomic mass is 35.5. The van der Waals surface area contributed by atoms with Gasteiger partial charge in [0.2, 0.25) is 5.91 Å². The lowest BCUT2D eigenvalue weighted by molar-refractivity contribution is -0.113. The normalized spacial score (nSPS) is 15.6. The molecule has 0 unspecified atom stereocenters. The van der Waals surface area contributed by atoms with Gasteiger partial charge in [0.05, 0.1) is 29.1 Å². The Balaban J connectivity index is 1.49. The van der Waals surface area contributed by atoms with Crippen molar-refractivity contribution in [1.82, 2.24) is 9.55 Å². The number of anilines is 1. The fraction of sp³-hybridized carbons (Fsp3) is 0.433. The predicted molar refractivity (Wildman–Crippen MR) is 155 cm³/mol. The average molecular weight is 552 g/mol. The molecule has 0 atom stereocenters. The maximum Gasteiger partial charge on any atom is 0.258 e. The summed E-state index contributed by atoms with van der Waals surface area (Å²) in [6, 6.07) is 13.5. The molecule has 0 bridgehead atoms. The molecule has 1 saturated carbocycles. The number of nitrogens with one attached hydrogen (secondary N) is 1. The van der Waals surface area contributed by atoms with Gasteiger partial charge in [0.15, 0.2) is 5.16 Å². The first kappa shape index (κ1) is 26.8. The number of halogens is 1. The lowest BCUT2D eigenvalue weighted by Gasteiger charge is -2.42. The van der Waals surface area contributed by atoms with E-state index >= 15 is 0 Å². The largest absolute Gasteiger partial charge is 0.495 e. The standard InChI is InChI=1S/C30H34ClN3O3S/c1-3-4-16-34-28(36)26-27(22-11-7-6-10-20(22)18-30(26)14-8-5-9-15-30)33-29(34)38-19-25(35)32-21-12-13-24(37-2)23(31)17-21/h6-7,10-13,17H,3-5,8-9,14-16,18-19H2,1-2H3,(H,32,35). The summed E-state index contributed by atoms with van der Waals surface area (Å²) in [4.78, 5) is 32.3. The van der Waals surface area contributed by atoms with Gasteiger partial charge in [0.1, 0.15) is 5.75 Å². The van der Waals surface area contributed by atoms with Gasteiger partial charge in [-0.15, -0.1) is 0 Å². The second-order valence-electron chi connectivity index (χ2n) is 10.3. The van der Waals surface area contributed by atoms with Gasteiger partial charge < -0.3 is 10.1 Å². The number of rotatable bonds is 8. The number of fused-ring (bicyclic) bond motifs is 4. The van der Waals surface area contributed by atoms with Gasteiger partial charge in [-0.1, -0.05) is 80.2 Å². The van der Waals surface area contributed by atoms with Crippen LogP contribution in [-0.2, 0) is 23.2 Å². The molecular weight excluding hydrogens is 518 g/mol. The highest BCUT2D eigenvalue weighted by Gasteiger charge is 2.43. The minimum Gasteiger partial charge on any atom is -0.495 e. The van der Waals surface area contributed by atoms with Crippen LogP contribution >= 0.6 is 23.4 Å². The minimum absolute atomic E-state index is 0.0738. The number of benzene rings is 2. The summed E-state index contributed by atoms with van der Waals surface area (Å²) < 4.78 is 7.02. The number of hydrogen-bond acceptors (Lipinski definition) is 5. The van der Waals surface area contributed by atoms with Crippen LogP contribution in [0, 0.1) is 0 Å². The van der Waals surface area contributed by atoms with E-state index in [-0.39, 0.29) is 22.6 Å². The topological polar surface area (TPSA) is 73.2 Å². The molecule has 1 amide bonds. The van der Waals surface area contributed by atoms with E-state index in [0.29, 0.717) is 28.2 Å². The van der Waals surface area contributed by atoms with Crippen LogP contribution in [0.5, 0.6) is 5.75 Å².